The lowest BCUT2D eigenvalue weighted by molar-refractivity contribution is -0.276. The van der Waals surface area contributed by atoms with Gasteiger partial charge in [-0.05, 0) is 19.8 Å². The van der Waals surface area contributed by atoms with E-state index >= 15 is 0 Å². The Morgan fingerprint density at radius 3 is 1.10 bits per heavy atom. The fourth-order valence-corrected chi connectivity index (χ4v) is 12.4. The number of hydrogen-bond acceptors (Lipinski definition) is 38. The summed E-state index contributed by atoms with van der Waals surface area (Å²) in [6.45, 7) is 8.58. The molecule has 0 bridgehead atoms. The van der Waals surface area contributed by atoms with Crippen molar-refractivity contribution >= 4 is 41.4 Å². The van der Waals surface area contributed by atoms with Crippen molar-refractivity contribution in [1.82, 2.24) is 36.8 Å². The number of carbonyl (C=O) groups is 7. The van der Waals surface area contributed by atoms with Gasteiger partial charge in [0.2, 0.25) is 29.5 Å². The Morgan fingerprint density at radius 1 is 0.402 bits per heavy atom. The Labute approximate surface area is 713 Å². The van der Waals surface area contributed by atoms with E-state index in [2.05, 4.69) is 31.9 Å². The number of nitrogens with two attached hydrogens (primary N) is 3. The first kappa shape index (κ1) is 109. The molecule has 0 aliphatic carbocycles. The number of unbranched alkanes of at least 4 members (excludes halogenated alkanes) is 7. The molecule has 4 heterocycles. The second-order valence-corrected chi connectivity index (χ2v) is 30.9. The first-order valence-electron chi connectivity index (χ1n) is 42.3. The molecule has 44 nitrogen and oxygen atoms in total. The van der Waals surface area contributed by atoms with Crippen molar-refractivity contribution in [3.05, 3.63) is 12.2 Å². The number of aliphatic hydroxyl groups is 10. The highest BCUT2D eigenvalue weighted by molar-refractivity contribution is 6.13. The zero-order chi connectivity index (χ0) is 89.6. The van der Waals surface area contributed by atoms with Crippen LogP contribution in [-0.2, 0) is 114 Å². The molecule has 0 aromatic rings. The van der Waals surface area contributed by atoms with E-state index in [4.69, 9.17) is 97.7 Å². The fraction of sp³-hybridized carbons (Fsp3) is 0.885. The summed E-state index contributed by atoms with van der Waals surface area (Å²) >= 11 is 0. The zero-order valence-electron chi connectivity index (χ0n) is 71.4. The van der Waals surface area contributed by atoms with E-state index in [9.17, 15) is 84.6 Å². The standard InChI is InChI=1S/C78H144N10O34/c1-76(2,3)77(4,119-34-25-86-57(93)17-26-88-62(98)15-16-63(88)99)118-33-24-85-56(92)13-11-9-7-5-6-8-10-12-14-61(97)87-78(50-112-27-18-58(94)82-21-30-106-35-38-109-41-44-115-73-64(79)70(103)67(100)53(47-89)120-73,51-113-28-19-59(95)83-22-31-107-36-39-110-42-45-116-74-65(80)71(104)68(101)54(48-90)121-74)52-114-29-20-60(96)84-23-32-108-37-40-111-43-46-117-75-66(81)72(105)69(102)55(49-91)122-75/h15-16,53-55,58,64-75,82,89-91,94,100-105H,5-14,17-52,79-81H2,1-4H3,(H,83,95)(H,84,96)(H,85,92)(H,86,93)(H,87,97). The minimum Gasteiger partial charge on any atom is -0.394 e. The average molecular weight is 1770 g/mol. The molecule has 3 saturated heterocycles. The summed E-state index contributed by atoms with van der Waals surface area (Å²) < 4.78 is 97.0. The number of hydrogen-bond donors (Lipinski definition) is 19. The second-order valence-electron chi connectivity index (χ2n) is 30.9. The van der Waals surface area contributed by atoms with Gasteiger partial charge in [-0.25, -0.2) is 0 Å². The van der Waals surface area contributed by atoms with E-state index in [1.807, 2.05) is 20.8 Å². The van der Waals surface area contributed by atoms with E-state index in [-0.39, 0.29) is 253 Å². The highest BCUT2D eigenvalue weighted by Gasteiger charge is 2.46. The Balaban J connectivity index is 1.25. The van der Waals surface area contributed by atoms with Crippen LogP contribution < -0.4 is 49.1 Å². The molecule has 3 fully saturated rings. The van der Waals surface area contributed by atoms with E-state index in [1.54, 1.807) is 6.92 Å². The summed E-state index contributed by atoms with van der Waals surface area (Å²) in [7, 11) is 0. The van der Waals surface area contributed by atoms with Crippen molar-refractivity contribution in [2.45, 2.75) is 227 Å². The van der Waals surface area contributed by atoms with Gasteiger partial charge in [-0.3, -0.25) is 43.8 Å². The molecule has 17 unspecified atom stereocenters. The summed E-state index contributed by atoms with van der Waals surface area (Å²) in [6, 6.07) is -3.14. The van der Waals surface area contributed by atoms with Gasteiger partial charge in [-0.1, -0.05) is 59.3 Å². The molecule has 710 valence electrons. The monoisotopic (exact) mass is 1760 g/mol. The minimum atomic E-state index is -1.38. The molecule has 4 aliphatic heterocycles. The number of rotatable bonds is 72. The summed E-state index contributed by atoms with van der Waals surface area (Å²) in [6.07, 6.45) is -6.54. The summed E-state index contributed by atoms with van der Waals surface area (Å²) in [5.74, 6) is -3.47. The molecule has 7 amide bonds. The van der Waals surface area contributed by atoms with E-state index in [1.165, 1.54) is 0 Å². The third-order valence-corrected chi connectivity index (χ3v) is 20.2. The van der Waals surface area contributed by atoms with Crippen molar-refractivity contribution in [3.8, 4) is 0 Å². The Hall–Kier alpha value is -5.01. The number of aliphatic hydroxyl groups excluding tert-OH is 10. The van der Waals surface area contributed by atoms with Gasteiger partial charge in [-0.2, -0.15) is 0 Å². The van der Waals surface area contributed by atoms with Gasteiger partial charge in [-0.15, -0.1) is 0 Å². The smallest absolute Gasteiger partial charge is 0.253 e. The molecule has 4 rings (SSSR count). The molecule has 0 aromatic carbocycles. The van der Waals surface area contributed by atoms with Crippen molar-refractivity contribution in [2.24, 2.45) is 22.6 Å². The molecule has 22 N–H and O–H groups in total. The highest BCUT2D eigenvalue weighted by atomic mass is 16.7. The third kappa shape index (κ3) is 43.7. The van der Waals surface area contributed by atoms with E-state index in [0.717, 1.165) is 55.6 Å². The van der Waals surface area contributed by atoms with Crippen molar-refractivity contribution in [2.75, 3.05) is 211 Å². The first-order chi connectivity index (χ1) is 58.5. The van der Waals surface area contributed by atoms with Crippen LogP contribution in [0, 0.1) is 5.41 Å². The van der Waals surface area contributed by atoms with Crippen LogP contribution >= 0.6 is 0 Å². The quantitative estimate of drug-likeness (QED) is 0.0153. The number of nitrogens with zero attached hydrogens (tertiary/aromatic N) is 1. The van der Waals surface area contributed by atoms with Crippen LogP contribution in [0.2, 0.25) is 0 Å². The predicted octanol–water partition coefficient (Wildman–Crippen LogP) is -7.11. The van der Waals surface area contributed by atoms with E-state index < -0.39 is 147 Å². The predicted molar refractivity (Wildman–Crippen MR) is 430 cm³/mol. The largest absolute Gasteiger partial charge is 0.394 e. The Bertz CT molecular complexity index is 2790. The van der Waals surface area contributed by atoms with Crippen LogP contribution in [0.15, 0.2) is 12.2 Å². The second kappa shape index (κ2) is 63.0. The molecule has 4 aliphatic rings. The van der Waals surface area contributed by atoms with Gasteiger partial charge in [0.15, 0.2) is 24.7 Å². The number of carbonyl (C=O) groups excluding carboxylic acids is 7. The number of nitrogens with one attached hydrogen (secondary N) is 6. The lowest BCUT2D eigenvalue weighted by atomic mass is 9.86. The van der Waals surface area contributed by atoms with Crippen LogP contribution in [0.3, 0.4) is 0 Å². The molecule has 44 heteroatoms. The van der Waals surface area contributed by atoms with Gasteiger partial charge < -0.3 is 175 Å². The zero-order valence-corrected chi connectivity index (χ0v) is 71.4. The maximum absolute atomic E-state index is 14.0. The van der Waals surface area contributed by atoms with Gasteiger partial charge in [0.1, 0.15) is 66.7 Å². The molecule has 0 spiro atoms. The SMILES string of the molecule is CC(C)(C)C(C)(OCCNC(=O)CCCCCCCCCCC(=O)NC(COCCC(=O)NCCOCCOCCOC1OC(CO)C(O)C(O)C1N)(COCCC(=O)NCCOCCOCCOC1OC(CO)C(O)C(O)C1N)COCCC(O)NCCOCCOCCOC1OC(CO)C(O)C(O)C1N)OCCNC(=O)CCN1C(=O)C=CC1=O. The molecule has 0 saturated carbocycles. The number of amides is 7. The lowest BCUT2D eigenvalue weighted by Crippen LogP contribution is -2.62. The van der Waals surface area contributed by atoms with Crippen LogP contribution in [0.5, 0.6) is 0 Å². The van der Waals surface area contributed by atoms with Crippen LogP contribution in [0.4, 0.5) is 0 Å². The maximum Gasteiger partial charge on any atom is 0.253 e. The van der Waals surface area contributed by atoms with Crippen molar-refractivity contribution in [1.29, 1.82) is 0 Å². The van der Waals surface area contributed by atoms with Gasteiger partial charge >= 0.3 is 0 Å². The first-order valence-corrected chi connectivity index (χ1v) is 42.3. The van der Waals surface area contributed by atoms with Crippen LogP contribution in [-0.4, -0.2) is 418 Å². The summed E-state index contributed by atoms with van der Waals surface area (Å²) in [5.41, 5.74) is 15.9. The molecule has 0 aromatic heterocycles. The van der Waals surface area contributed by atoms with Gasteiger partial charge in [0, 0.05) is 95.4 Å². The van der Waals surface area contributed by atoms with Crippen LogP contribution in [0.1, 0.15) is 118 Å². The number of ether oxygens (including phenoxy) is 17. The topological polar surface area (TPSA) is 632 Å². The summed E-state index contributed by atoms with van der Waals surface area (Å²) in [4.78, 5) is 89.9. The molecular formula is C78H144N10O34. The number of imide groups is 1. The minimum absolute atomic E-state index is 0.0102. The Morgan fingerprint density at radius 2 is 0.721 bits per heavy atom. The lowest BCUT2D eigenvalue weighted by Gasteiger charge is -2.41. The molecule has 17 atom stereocenters. The Kier molecular flexibility index (Phi) is 56.5. The van der Waals surface area contributed by atoms with E-state index in [0.29, 0.717) is 19.3 Å². The average Bonchev–Trinajstić information content (AvgIpc) is 0.954. The fourth-order valence-electron chi connectivity index (χ4n) is 12.4. The third-order valence-electron chi connectivity index (χ3n) is 20.2. The van der Waals surface area contributed by atoms with Gasteiger partial charge in [0.25, 0.3) is 11.8 Å². The molecular weight excluding hydrogens is 1620 g/mol. The van der Waals surface area contributed by atoms with Crippen molar-refractivity contribution in [3.63, 3.8) is 0 Å². The summed E-state index contributed by atoms with van der Waals surface area (Å²) in [5, 5.41) is 117. The van der Waals surface area contributed by atoms with Gasteiger partial charge in [0.05, 0.1) is 190 Å². The maximum atomic E-state index is 14.0. The highest BCUT2D eigenvalue weighted by Crippen LogP contribution is 2.35. The van der Waals surface area contributed by atoms with Crippen molar-refractivity contribution < 1.29 is 165 Å². The molecule has 122 heavy (non-hydrogen) atoms. The van der Waals surface area contributed by atoms with Crippen LogP contribution in [0.25, 0.3) is 0 Å². The molecule has 0 radical (unpaired) electrons. The normalized spacial score (nSPS) is 25.0.